The van der Waals surface area contributed by atoms with Gasteiger partial charge < -0.3 is 5.11 Å². The third-order valence-electron chi connectivity index (χ3n) is 7.89. The zero-order valence-corrected chi connectivity index (χ0v) is 26.5. The van der Waals surface area contributed by atoms with E-state index in [4.69, 9.17) is 5.11 Å². The maximum absolute atomic E-state index is 8.81. The molecule has 0 heterocycles. The average Bonchev–Trinajstić information content (AvgIpc) is 3.55. The third-order valence-corrected chi connectivity index (χ3v) is 7.89. The van der Waals surface area contributed by atoms with Crippen molar-refractivity contribution >= 4 is 10.8 Å². The van der Waals surface area contributed by atoms with Crippen molar-refractivity contribution in [3.8, 4) is 5.75 Å². The van der Waals surface area contributed by atoms with Crippen molar-refractivity contribution in [2.45, 2.75) is 129 Å². The van der Waals surface area contributed by atoms with E-state index in [2.05, 4.69) is 77.9 Å². The van der Waals surface area contributed by atoms with Crippen molar-refractivity contribution in [3.63, 3.8) is 0 Å². The lowest BCUT2D eigenvalue weighted by atomic mass is 9.81. The van der Waals surface area contributed by atoms with Gasteiger partial charge in [-0.3, -0.25) is 0 Å². The highest BCUT2D eigenvalue weighted by atomic mass is 16.3. The van der Waals surface area contributed by atoms with Gasteiger partial charge >= 0.3 is 0 Å². The molecule has 3 unspecified atom stereocenters. The summed E-state index contributed by atoms with van der Waals surface area (Å²) < 4.78 is 0. The van der Waals surface area contributed by atoms with Gasteiger partial charge in [0.15, 0.2) is 0 Å². The number of aromatic hydroxyl groups is 1. The predicted molar refractivity (Wildman–Crippen MR) is 185 cm³/mol. The van der Waals surface area contributed by atoms with E-state index in [9.17, 15) is 0 Å². The Bertz CT molecular complexity index is 982. The van der Waals surface area contributed by atoms with E-state index in [-0.39, 0.29) is 14.9 Å². The number of phenolic OH excluding ortho intramolecular Hbond substituents is 1. The number of rotatable bonds is 3. The minimum atomic E-state index is 0. The van der Waals surface area contributed by atoms with Gasteiger partial charge in [0.1, 0.15) is 5.75 Å². The van der Waals surface area contributed by atoms with Crippen LogP contribution in [0.4, 0.5) is 0 Å². The molecule has 2 fully saturated rings. The van der Waals surface area contributed by atoms with Crippen molar-refractivity contribution in [1.29, 1.82) is 0 Å². The lowest BCUT2D eigenvalue weighted by Gasteiger charge is -2.24. The second-order valence-electron chi connectivity index (χ2n) is 11.5. The Kier molecular flexibility index (Phi) is 20.5. The van der Waals surface area contributed by atoms with E-state index < -0.39 is 0 Å². The van der Waals surface area contributed by atoms with Crippen LogP contribution in [0.3, 0.4) is 0 Å². The van der Waals surface area contributed by atoms with Gasteiger partial charge in [0.05, 0.1) is 0 Å². The van der Waals surface area contributed by atoms with Crippen LogP contribution < -0.4 is 0 Å². The monoisotopic (exact) mass is 551 g/mol. The van der Waals surface area contributed by atoms with Crippen LogP contribution in [-0.2, 0) is 0 Å². The molecule has 228 valence electrons. The van der Waals surface area contributed by atoms with Gasteiger partial charge in [-0.2, -0.15) is 0 Å². The van der Waals surface area contributed by atoms with Gasteiger partial charge in [0, 0.05) is 0 Å². The van der Waals surface area contributed by atoms with Crippen LogP contribution in [0.1, 0.15) is 138 Å². The molecule has 40 heavy (non-hydrogen) atoms. The second kappa shape index (κ2) is 20.6. The molecule has 2 saturated carbocycles. The SMILES string of the molecule is C.C.CC.CC.CC(C)C1CC2CCC1C2.CC(C)c1ccc(C(C)C)c2ccccc12.Cc1cccc(O)c1. The highest BCUT2D eigenvalue weighted by Gasteiger charge is 2.40. The molecule has 0 spiro atoms. The topological polar surface area (TPSA) is 20.2 Å². The summed E-state index contributed by atoms with van der Waals surface area (Å²) in [6, 6.07) is 20.5. The van der Waals surface area contributed by atoms with E-state index in [0.717, 1.165) is 29.2 Å². The minimum absolute atomic E-state index is 0. The van der Waals surface area contributed by atoms with E-state index in [1.807, 2.05) is 46.8 Å². The second-order valence-corrected chi connectivity index (χ2v) is 11.5. The highest BCUT2D eigenvalue weighted by Crippen LogP contribution is 2.50. The van der Waals surface area contributed by atoms with Gasteiger partial charge in [-0.1, -0.05) is 139 Å². The van der Waals surface area contributed by atoms with Crippen molar-refractivity contribution in [2.24, 2.45) is 23.7 Å². The van der Waals surface area contributed by atoms with Crippen molar-refractivity contribution in [3.05, 3.63) is 77.4 Å². The fourth-order valence-corrected chi connectivity index (χ4v) is 6.09. The Morgan fingerprint density at radius 1 is 0.650 bits per heavy atom. The van der Waals surface area contributed by atoms with Crippen LogP contribution in [-0.4, -0.2) is 5.11 Å². The smallest absolute Gasteiger partial charge is 0.115 e. The van der Waals surface area contributed by atoms with E-state index >= 15 is 0 Å². The zero-order chi connectivity index (χ0) is 28.8. The first-order valence-electron chi connectivity index (χ1n) is 15.4. The molecule has 0 amide bonds. The van der Waals surface area contributed by atoms with Crippen LogP contribution in [0, 0.1) is 30.6 Å². The van der Waals surface area contributed by atoms with Crippen molar-refractivity contribution in [2.75, 3.05) is 0 Å². The quantitative estimate of drug-likeness (QED) is 0.344. The summed E-state index contributed by atoms with van der Waals surface area (Å²) in [5.41, 5.74) is 4.00. The van der Waals surface area contributed by atoms with Crippen molar-refractivity contribution in [1.82, 2.24) is 0 Å². The first-order valence-corrected chi connectivity index (χ1v) is 15.4. The molecule has 0 radical (unpaired) electrons. The molecular formula is C39H66O. The summed E-state index contributed by atoms with van der Waals surface area (Å²) in [5, 5.41) is 11.7. The third kappa shape index (κ3) is 11.7. The lowest BCUT2D eigenvalue weighted by molar-refractivity contribution is 0.256. The first kappa shape index (κ1) is 39.9. The Hall–Kier alpha value is -2.28. The molecule has 2 aliphatic rings. The van der Waals surface area contributed by atoms with Crippen LogP contribution in [0.5, 0.6) is 5.75 Å². The Morgan fingerprint density at radius 2 is 1.15 bits per heavy atom. The average molecular weight is 551 g/mol. The predicted octanol–water partition coefficient (Wildman–Crippen LogP) is 13.2. The maximum atomic E-state index is 8.81. The molecule has 1 heteroatoms. The molecule has 3 aromatic rings. The number of benzene rings is 3. The molecule has 2 bridgehead atoms. The highest BCUT2D eigenvalue weighted by molar-refractivity contribution is 5.89. The van der Waals surface area contributed by atoms with Gasteiger partial charge in [0.25, 0.3) is 0 Å². The fourth-order valence-electron chi connectivity index (χ4n) is 6.09. The Balaban J connectivity index is 0. The Labute approximate surface area is 250 Å². The molecule has 2 aliphatic carbocycles. The van der Waals surface area contributed by atoms with Crippen LogP contribution in [0.2, 0.25) is 0 Å². The summed E-state index contributed by atoms with van der Waals surface area (Å²) in [5.74, 6) is 5.83. The maximum Gasteiger partial charge on any atom is 0.115 e. The standard InChI is InChI=1S/C16H20.C10H18.C7H8O.2C2H6.2CH4/c1-11(2)13-9-10-14(12(3)4)16-8-6-5-7-15(13)16;1-7(2)10-6-8-3-4-9(10)5-8;1-6-3-2-4-7(8)5-6;2*1-2;;/h5-12H,1-4H3;7-10H,3-6H2,1-2H3;2-5,8H,1H3;2*1-2H3;2*1H4. The molecule has 0 saturated heterocycles. The molecule has 5 rings (SSSR count). The molecule has 1 N–H and O–H groups in total. The van der Waals surface area contributed by atoms with Crippen LogP contribution in [0.25, 0.3) is 10.8 Å². The first-order chi connectivity index (χ1) is 18.2. The molecule has 0 aromatic heterocycles. The molecule has 3 aromatic carbocycles. The zero-order valence-electron chi connectivity index (χ0n) is 26.5. The van der Waals surface area contributed by atoms with E-state index in [0.29, 0.717) is 17.6 Å². The summed E-state index contributed by atoms with van der Waals surface area (Å²) in [6.07, 6.45) is 6.23. The van der Waals surface area contributed by atoms with E-state index in [1.165, 1.54) is 21.9 Å². The molecule has 0 aliphatic heterocycles. The van der Waals surface area contributed by atoms with Gasteiger partial charge in [-0.15, -0.1) is 0 Å². The number of hydrogen-bond acceptors (Lipinski definition) is 1. The summed E-state index contributed by atoms with van der Waals surface area (Å²) in [4.78, 5) is 0. The van der Waals surface area contributed by atoms with E-state index in [1.54, 1.807) is 37.8 Å². The number of phenols is 1. The summed E-state index contributed by atoms with van der Waals surface area (Å²) in [6.45, 7) is 23.8. The molecule has 3 atom stereocenters. The number of aryl methyl sites for hydroxylation is 1. The summed E-state index contributed by atoms with van der Waals surface area (Å²) in [7, 11) is 0. The normalized spacial score (nSPS) is 18.1. The van der Waals surface area contributed by atoms with Gasteiger partial charge in [-0.25, -0.2) is 0 Å². The Morgan fingerprint density at radius 3 is 1.43 bits per heavy atom. The number of hydrogen-bond donors (Lipinski definition) is 1. The van der Waals surface area contributed by atoms with Gasteiger partial charge in [-0.05, 0) is 101 Å². The van der Waals surface area contributed by atoms with Crippen molar-refractivity contribution < 1.29 is 5.11 Å². The minimum Gasteiger partial charge on any atom is -0.508 e. The lowest BCUT2D eigenvalue weighted by Crippen LogP contribution is -2.15. The van der Waals surface area contributed by atoms with Crippen LogP contribution in [0.15, 0.2) is 60.7 Å². The number of fused-ring (bicyclic) bond motifs is 3. The molecule has 1 nitrogen and oxygen atoms in total. The summed E-state index contributed by atoms with van der Waals surface area (Å²) >= 11 is 0. The van der Waals surface area contributed by atoms with Gasteiger partial charge in [0.2, 0.25) is 0 Å². The molecular weight excluding hydrogens is 484 g/mol. The largest absolute Gasteiger partial charge is 0.508 e. The van der Waals surface area contributed by atoms with Crippen LogP contribution >= 0.6 is 0 Å². The fraction of sp³-hybridized carbons (Fsp3) is 0.590.